The lowest BCUT2D eigenvalue weighted by Crippen LogP contribution is -2.42. The molecule has 3 heteroatoms. The van der Waals surface area contributed by atoms with Crippen molar-refractivity contribution in [2.75, 3.05) is 6.61 Å². The first kappa shape index (κ1) is 9.97. The molecular weight excluding hydrogens is 178 g/mol. The molecule has 1 heterocycles. The molecule has 2 aliphatic rings. The van der Waals surface area contributed by atoms with E-state index >= 15 is 0 Å². The Morgan fingerprint density at radius 1 is 1.43 bits per heavy atom. The van der Waals surface area contributed by atoms with Crippen LogP contribution in [0.25, 0.3) is 0 Å². The zero-order chi connectivity index (χ0) is 9.97. The van der Waals surface area contributed by atoms with Gasteiger partial charge >= 0.3 is 5.97 Å². The van der Waals surface area contributed by atoms with Gasteiger partial charge in [-0.15, -0.1) is 0 Å². The van der Waals surface area contributed by atoms with Gasteiger partial charge < -0.3 is 10.1 Å². The minimum Gasteiger partial charge on any atom is -0.464 e. The fourth-order valence-electron chi connectivity index (χ4n) is 2.65. The second-order valence-corrected chi connectivity index (χ2v) is 4.38. The number of carbonyl (C=O) groups is 1. The summed E-state index contributed by atoms with van der Waals surface area (Å²) in [6.07, 6.45) is 5.92. The Morgan fingerprint density at radius 2 is 2.29 bits per heavy atom. The standard InChI is InChI=1S/C11H19NO2/c1-2-8-4-3-5-9(8)12-10-6-7-14-11(10)13/h8-10,12H,2-7H2,1H3. The molecular formula is C11H19NO2. The van der Waals surface area contributed by atoms with Gasteiger partial charge in [-0.25, -0.2) is 0 Å². The number of carbonyl (C=O) groups excluding carboxylic acids is 1. The third-order valence-electron chi connectivity index (χ3n) is 3.53. The average Bonchev–Trinajstić information content (AvgIpc) is 2.77. The van der Waals surface area contributed by atoms with Crippen molar-refractivity contribution in [1.29, 1.82) is 0 Å². The highest BCUT2D eigenvalue weighted by molar-refractivity contribution is 5.77. The van der Waals surface area contributed by atoms with Gasteiger partial charge in [-0.2, -0.15) is 0 Å². The van der Waals surface area contributed by atoms with Crippen molar-refractivity contribution >= 4 is 5.97 Å². The maximum atomic E-state index is 11.3. The maximum absolute atomic E-state index is 11.3. The Morgan fingerprint density at radius 3 is 2.93 bits per heavy atom. The van der Waals surface area contributed by atoms with Gasteiger partial charge in [0.15, 0.2) is 0 Å². The molecule has 80 valence electrons. The summed E-state index contributed by atoms with van der Waals surface area (Å²) in [5.74, 6) is 0.718. The van der Waals surface area contributed by atoms with Crippen LogP contribution in [0, 0.1) is 5.92 Å². The molecule has 3 atom stereocenters. The molecule has 1 saturated heterocycles. The molecule has 14 heavy (non-hydrogen) atoms. The minimum absolute atomic E-state index is 0.0212. The Kier molecular flexibility index (Phi) is 3.06. The zero-order valence-electron chi connectivity index (χ0n) is 8.79. The van der Waals surface area contributed by atoms with Gasteiger partial charge in [0.05, 0.1) is 6.61 Å². The second kappa shape index (κ2) is 4.30. The molecule has 0 aromatic heterocycles. The number of hydrogen-bond acceptors (Lipinski definition) is 3. The lowest BCUT2D eigenvalue weighted by molar-refractivity contribution is -0.139. The number of ether oxygens (including phenoxy) is 1. The zero-order valence-corrected chi connectivity index (χ0v) is 8.79. The van der Waals surface area contributed by atoms with Crippen LogP contribution in [0.5, 0.6) is 0 Å². The topological polar surface area (TPSA) is 38.3 Å². The summed E-state index contributed by atoms with van der Waals surface area (Å²) in [5.41, 5.74) is 0. The fourth-order valence-corrected chi connectivity index (χ4v) is 2.65. The maximum Gasteiger partial charge on any atom is 0.323 e. The van der Waals surface area contributed by atoms with Crippen LogP contribution in [0.2, 0.25) is 0 Å². The third-order valence-corrected chi connectivity index (χ3v) is 3.53. The van der Waals surface area contributed by atoms with Gasteiger partial charge in [-0.3, -0.25) is 4.79 Å². The fraction of sp³-hybridized carbons (Fsp3) is 0.909. The lowest BCUT2D eigenvalue weighted by atomic mass is 10.00. The molecule has 0 bridgehead atoms. The van der Waals surface area contributed by atoms with Gasteiger partial charge in [0.25, 0.3) is 0 Å². The van der Waals surface area contributed by atoms with E-state index in [-0.39, 0.29) is 12.0 Å². The predicted octanol–water partition coefficient (Wildman–Crippen LogP) is 1.47. The van der Waals surface area contributed by atoms with Gasteiger partial charge in [0, 0.05) is 12.5 Å². The predicted molar refractivity (Wildman–Crippen MR) is 53.9 cm³/mol. The van der Waals surface area contributed by atoms with E-state index in [0.29, 0.717) is 12.6 Å². The van der Waals surface area contributed by atoms with Crippen LogP contribution in [0.4, 0.5) is 0 Å². The second-order valence-electron chi connectivity index (χ2n) is 4.38. The molecule has 2 rings (SSSR count). The molecule has 2 fully saturated rings. The van der Waals surface area contributed by atoms with Crippen molar-refractivity contribution in [1.82, 2.24) is 5.32 Å². The van der Waals surface area contributed by atoms with E-state index in [1.165, 1.54) is 25.7 Å². The highest BCUT2D eigenvalue weighted by Crippen LogP contribution is 2.29. The number of hydrogen-bond donors (Lipinski definition) is 1. The van der Waals surface area contributed by atoms with Crippen molar-refractivity contribution in [3.63, 3.8) is 0 Å². The van der Waals surface area contributed by atoms with Crippen molar-refractivity contribution in [2.24, 2.45) is 5.92 Å². The van der Waals surface area contributed by atoms with E-state index in [9.17, 15) is 4.79 Å². The van der Waals surface area contributed by atoms with Crippen molar-refractivity contribution in [2.45, 2.75) is 51.1 Å². The van der Waals surface area contributed by atoms with E-state index in [0.717, 1.165) is 12.3 Å². The summed E-state index contributed by atoms with van der Waals surface area (Å²) in [7, 11) is 0. The summed E-state index contributed by atoms with van der Waals surface area (Å²) >= 11 is 0. The summed E-state index contributed by atoms with van der Waals surface area (Å²) < 4.78 is 4.94. The summed E-state index contributed by atoms with van der Waals surface area (Å²) in [6.45, 7) is 2.83. The molecule has 0 amide bonds. The van der Waals surface area contributed by atoms with Crippen molar-refractivity contribution in [3.05, 3.63) is 0 Å². The number of esters is 1. The van der Waals surface area contributed by atoms with Crippen LogP contribution in [0.1, 0.15) is 39.0 Å². The Labute approximate surface area is 85.2 Å². The first-order valence-corrected chi connectivity index (χ1v) is 5.74. The quantitative estimate of drug-likeness (QED) is 0.696. The van der Waals surface area contributed by atoms with Crippen LogP contribution in [0.3, 0.4) is 0 Å². The van der Waals surface area contributed by atoms with E-state index < -0.39 is 0 Å². The van der Waals surface area contributed by atoms with E-state index in [1.54, 1.807) is 0 Å². The Bertz CT molecular complexity index is 217. The molecule has 3 unspecified atom stereocenters. The minimum atomic E-state index is -0.0493. The Balaban J connectivity index is 1.86. The molecule has 0 spiro atoms. The highest BCUT2D eigenvalue weighted by atomic mass is 16.5. The molecule has 1 aliphatic heterocycles. The first-order chi connectivity index (χ1) is 6.81. The van der Waals surface area contributed by atoms with E-state index in [4.69, 9.17) is 4.74 Å². The lowest BCUT2D eigenvalue weighted by Gasteiger charge is -2.21. The average molecular weight is 197 g/mol. The molecule has 1 aliphatic carbocycles. The van der Waals surface area contributed by atoms with Gasteiger partial charge in [0.1, 0.15) is 6.04 Å². The van der Waals surface area contributed by atoms with Crippen LogP contribution < -0.4 is 5.32 Å². The number of cyclic esters (lactones) is 1. The number of rotatable bonds is 3. The number of nitrogens with one attached hydrogen (secondary N) is 1. The van der Waals surface area contributed by atoms with Crippen molar-refractivity contribution < 1.29 is 9.53 Å². The summed E-state index contributed by atoms with van der Waals surface area (Å²) in [5, 5.41) is 3.45. The van der Waals surface area contributed by atoms with Gasteiger partial charge in [-0.05, 0) is 18.8 Å². The van der Waals surface area contributed by atoms with Crippen LogP contribution in [-0.4, -0.2) is 24.7 Å². The summed E-state index contributed by atoms with van der Waals surface area (Å²) in [4.78, 5) is 11.3. The molecule has 3 nitrogen and oxygen atoms in total. The van der Waals surface area contributed by atoms with E-state index in [2.05, 4.69) is 12.2 Å². The molecule has 1 N–H and O–H groups in total. The van der Waals surface area contributed by atoms with Crippen molar-refractivity contribution in [3.8, 4) is 0 Å². The monoisotopic (exact) mass is 197 g/mol. The normalized spacial score (nSPS) is 37.5. The molecule has 1 saturated carbocycles. The largest absolute Gasteiger partial charge is 0.464 e. The molecule has 0 aromatic rings. The van der Waals surface area contributed by atoms with Crippen LogP contribution >= 0.6 is 0 Å². The molecule has 0 radical (unpaired) electrons. The third kappa shape index (κ3) is 1.92. The van der Waals surface area contributed by atoms with Crippen LogP contribution in [0.15, 0.2) is 0 Å². The van der Waals surface area contributed by atoms with Gasteiger partial charge in [0.2, 0.25) is 0 Å². The Hall–Kier alpha value is -0.570. The first-order valence-electron chi connectivity index (χ1n) is 5.74. The van der Waals surface area contributed by atoms with E-state index in [1.807, 2.05) is 0 Å². The van der Waals surface area contributed by atoms with Crippen LogP contribution in [-0.2, 0) is 9.53 Å². The summed E-state index contributed by atoms with van der Waals surface area (Å²) in [6, 6.07) is 0.530. The highest BCUT2D eigenvalue weighted by Gasteiger charge is 2.33. The SMILES string of the molecule is CCC1CCCC1NC1CCOC1=O. The smallest absolute Gasteiger partial charge is 0.323 e. The van der Waals surface area contributed by atoms with Gasteiger partial charge in [-0.1, -0.05) is 19.8 Å². The molecule has 0 aromatic carbocycles.